The van der Waals surface area contributed by atoms with E-state index in [-0.39, 0.29) is 0 Å². The van der Waals surface area contributed by atoms with Crippen LogP contribution in [0.4, 0.5) is 11.4 Å². The molecule has 0 radical (unpaired) electrons. The SMILES string of the molecule is CSC1(CNc2cc(C)c(N)cc2Br)CCC1. The Hall–Kier alpha value is -0.350. The van der Waals surface area contributed by atoms with E-state index < -0.39 is 0 Å². The minimum Gasteiger partial charge on any atom is -0.398 e. The van der Waals surface area contributed by atoms with Gasteiger partial charge in [0.15, 0.2) is 0 Å². The monoisotopic (exact) mass is 314 g/mol. The van der Waals surface area contributed by atoms with E-state index in [9.17, 15) is 0 Å². The molecule has 3 N–H and O–H groups in total. The summed E-state index contributed by atoms with van der Waals surface area (Å²) in [6.07, 6.45) is 6.23. The summed E-state index contributed by atoms with van der Waals surface area (Å²) in [6, 6.07) is 4.09. The van der Waals surface area contributed by atoms with Crippen LogP contribution in [-0.2, 0) is 0 Å². The van der Waals surface area contributed by atoms with Crippen LogP contribution in [0.2, 0.25) is 0 Å². The Balaban J connectivity index is 2.06. The van der Waals surface area contributed by atoms with Crippen molar-refractivity contribution in [2.45, 2.75) is 30.9 Å². The maximum Gasteiger partial charge on any atom is 0.0489 e. The number of nitrogens with one attached hydrogen (secondary N) is 1. The number of benzene rings is 1. The Morgan fingerprint density at radius 3 is 2.71 bits per heavy atom. The van der Waals surface area contributed by atoms with Crippen LogP contribution in [0.5, 0.6) is 0 Å². The molecule has 0 spiro atoms. The summed E-state index contributed by atoms with van der Waals surface area (Å²) in [5, 5.41) is 3.55. The van der Waals surface area contributed by atoms with E-state index in [1.807, 2.05) is 24.8 Å². The topological polar surface area (TPSA) is 38.0 Å². The van der Waals surface area contributed by atoms with Crippen molar-refractivity contribution in [3.05, 3.63) is 22.2 Å². The van der Waals surface area contributed by atoms with E-state index in [0.29, 0.717) is 4.75 Å². The molecule has 0 bridgehead atoms. The average molecular weight is 315 g/mol. The van der Waals surface area contributed by atoms with Crippen molar-refractivity contribution in [3.63, 3.8) is 0 Å². The summed E-state index contributed by atoms with van der Waals surface area (Å²) in [4.78, 5) is 0. The standard InChI is InChI=1S/C13H19BrN2S/c1-9-6-12(10(14)7-11(9)15)16-8-13(17-2)4-3-5-13/h6-7,16H,3-5,8,15H2,1-2H3. The number of nitrogen functional groups attached to an aromatic ring is 1. The second-order valence-electron chi connectivity index (χ2n) is 4.78. The van der Waals surface area contributed by atoms with E-state index >= 15 is 0 Å². The van der Waals surface area contributed by atoms with Crippen molar-refractivity contribution in [3.8, 4) is 0 Å². The fourth-order valence-electron chi connectivity index (χ4n) is 2.11. The van der Waals surface area contributed by atoms with Gasteiger partial charge in [-0.15, -0.1) is 0 Å². The second-order valence-corrected chi connectivity index (χ2v) is 6.91. The molecule has 2 nitrogen and oxygen atoms in total. The van der Waals surface area contributed by atoms with Crippen molar-refractivity contribution in [1.29, 1.82) is 0 Å². The molecule has 0 aromatic heterocycles. The number of anilines is 2. The van der Waals surface area contributed by atoms with Crippen LogP contribution >= 0.6 is 27.7 Å². The van der Waals surface area contributed by atoms with Gasteiger partial charge in [0.1, 0.15) is 0 Å². The van der Waals surface area contributed by atoms with Gasteiger partial charge in [-0.3, -0.25) is 0 Å². The third-order valence-corrected chi connectivity index (χ3v) is 5.73. The number of nitrogens with two attached hydrogens (primary N) is 1. The highest BCUT2D eigenvalue weighted by Crippen LogP contribution is 2.43. The number of rotatable bonds is 4. The Kier molecular flexibility index (Phi) is 3.93. The maximum atomic E-state index is 5.87. The average Bonchev–Trinajstić information content (AvgIpc) is 2.24. The largest absolute Gasteiger partial charge is 0.398 e. The summed E-state index contributed by atoms with van der Waals surface area (Å²) in [5.74, 6) is 0. The fourth-order valence-corrected chi connectivity index (χ4v) is 3.53. The zero-order valence-corrected chi connectivity index (χ0v) is 12.7. The lowest BCUT2D eigenvalue weighted by atomic mass is 9.84. The number of aryl methyl sites for hydroxylation is 1. The first-order valence-corrected chi connectivity index (χ1v) is 7.93. The summed E-state index contributed by atoms with van der Waals surface area (Å²) >= 11 is 5.55. The lowest BCUT2D eigenvalue weighted by Crippen LogP contribution is -2.40. The second kappa shape index (κ2) is 5.11. The van der Waals surface area contributed by atoms with Crippen molar-refractivity contribution < 1.29 is 0 Å². The highest BCUT2D eigenvalue weighted by molar-refractivity contribution is 9.10. The first-order chi connectivity index (χ1) is 8.06. The van der Waals surface area contributed by atoms with E-state index in [4.69, 9.17) is 5.73 Å². The van der Waals surface area contributed by atoms with Crippen LogP contribution in [0.25, 0.3) is 0 Å². The van der Waals surface area contributed by atoms with Crippen molar-refractivity contribution in [2.24, 2.45) is 0 Å². The maximum absolute atomic E-state index is 5.87. The molecule has 1 aromatic rings. The lowest BCUT2D eigenvalue weighted by Gasteiger charge is -2.40. The van der Waals surface area contributed by atoms with E-state index in [1.165, 1.54) is 19.3 Å². The molecule has 0 atom stereocenters. The van der Waals surface area contributed by atoms with Crippen LogP contribution in [-0.4, -0.2) is 17.5 Å². The zero-order chi connectivity index (χ0) is 12.5. The Morgan fingerprint density at radius 2 is 2.18 bits per heavy atom. The smallest absolute Gasteiger partial charge is 0.0489 e. The molecular formula is C13H19BrN2S. The number of hydrogen-bond acceptors (Lipinski definition) is 3. The minimum atomic E-state index is 0.453. The van der Waals surface area contributed by atoms with Crippen LogP contribution in [0.1, 0.15) is 24.8 Å². The van der Waals surface area contributed by atoms with E-state index in [0.717, 1.165) is 28.0 Å². The van der Waals surface area contributed by atoms with Crippen molar-refractivity contribution in [1.82, 2.24) is 0 Å². The molecule has 0 aliphatic heterocycles. The molecule has 0 unspecified atom stereocenters. The van der Waals surface area contributed by atoms with Gasteiger partial charge in [0.2, 0.25) is 0 Å². The first-order valence-electron chi connectivity index (χ1n) is 5.91. The van der Waals surface area contributed by atoms with Gasteiger partial charge in [-0.1, -0.05) is 6.42 Å². The Morgan fingerprint density at radius 1 is 1.47 bits per heavy atom. The highest BCUT2D eigenvalue weighted by atomic mass is 79.9. The van der Waals surface area contributed by atoms with Crippen LogP contribution in [0, 0.1) is 6.92 Å². The molecule has 1 aliphatic rings. The fraction of sp³-hybridized carbons (Fsp3) is 0.538. The van der Waals surface area contributed by atoms with Gasteiger partial charge in [0, 0.05) is 27.1 Å². The van der Waals surface area contributed by atoms with Crippen LogP contribution < -0.4 is 11.1 Å². The molecule has 1 saturated carbocycles. The third-order valence-electron chi connectivity index (χ3n) is 3.65. The van der Waals surface area contributed by atoms with Crippen molar-refractivity contribution >= 4 is 39.1 Å². The van der Waals surface area contributed by atoms with Gasteiger partial charge in [0.25, 0.3) is 0 Å². The van der Waals surface area contributed by atoms with E-state index in [1.54, 1.807) is 0 Å². The number of hydrogen-bond donors (Lipinski definition) is 2. The molecular weight excluding hydrogens is 296 g/mol. The number of halogens is 1. The molecule has 2 rings (SSSR count). The van der Waals surface area contributed by atoms with Crippen LogP contribution in [0.3, 0.4) is 0 Å². The molecule has 17 heavy (non-hydrogen) atoms. The van der Waals surface area contributed by atoms with Gasteiger partial charge in [-0.05, 0) is 59.6 Å². The summed E-state index contributed by atoms with van der Waals surface area (Å²) < 4.78 is 1.51. The Bertz CT molecular complexity index is 411. The molecule has 0 heterocycles. The molecule has 0 amide bonds. The third kappa shape index (κ3) is 2.74. The molecule has 94 valence electrons. The van der Waals surface area contributed by atoms with Crippen molar-refractivity contribution in [2.75, 3.05) is 23.9 Å². The molecule has 0 saturated heterocycles. The van der Waals surface area contributed by atoms with Gasteiger partial charge in [-0.25, -0.2) is 0 Å². The quantitative estimate of drug-likeness (QED) is 0.824. The van der Waals surface area contributed by atoms with E-state index in [2.05, 4.69) is 33.6 Å². The predicted molar refractivity (Wildman–Crippen MR) is 81.9 cm³/mol. The summed E-state index contributed by atoms with van der Waals surface area (Å²) in [6.45, 7) is 3.08. The Labute approximate surface area is 116 Å². The summed E-state index contributed by atoms with van der Waals surface area (Å²) in [7, 11) is 0. The normalized spacial score (nSPS) is 17.6. The lowest BCUT2D eigenvalue weighted by molar-refractivity contribution is 0.380. The number of thioether (sulfide) groups is 1. The first kappa shape index (κ1) is 13.1. The molecule has 1 aromatic carbocycles. The predicted octanol–water partition coefficient (Wildman–Crippen LogP) is 4.04. The van der Waals surface area contributed by atoms with Gasteiger partial charge in [0.05, 0.1) is 0 Å². The van der Waals surface area contributed by atoms with Gasteiger partial charge >= 0.3 is 0 Å². The molecule has 1 aliphatic carbocycles. The molecule has 4 heteroatoms. The highest BCUT2D eigenvalue weighted by Gasteiger charge is 2.35. The minimum absolute atomic E-state index is 0.453. The van der Waals surface area contributed by atoms with Gasteiger partial charge < -0.3 is 11.1 Å². The van der Waals surface area contributed by atoms with Crippen LogP contribution in [0.15, 0.2) is 16.6 Å². The zero-order valence-electron chi connectivity index (χ0n) is 10.3. The summed E-state index contributed by atoms with van der Waals surface area (Å²) in [5.41, 5.74) is 8.99. The van der Waals surface area contributed by atoms with Gasteiger partial charge in [-0.2, -0.15) is 11.8 Å². The molecule has 1 fully saturated rings.